The van der Waals surface area contributed by atoms with Gasteiger partial charge in [0.15, 0.2) is 0 Å². The van der Waals surface area contributed by atoms with E-state index in [-0.39, 0.29) is 11.9 Å². The van der Waals surface area contributed by atoms with Crippen molar-refractivity contribution in [2.24, 2.45) is 0 Å². The maximum Gasteiger partial charge on any atom is 0.127 e. The van der Waals surface area contributed by atoms with Crippen LogP contribution in [0.5, 0.6) is 0 Å². The first-order valence-corrected chi connectivity index (χ1v) is 7.31. The van der Waals surface area contributed by atoms with E-state index < -0.39 is 0 Å². The summed E-state index contributed by atoms with van der Waals surface area (Å²) in [5.74, 6) is 6.80. The number of benzene rings is 2. The van der Waals surface area contributed by atoms with Crippen LogP contribution in [0.1, 0.15) is 17.2 Å². The second-order valence-electron chi connectivity index (χ2n) is 4.98. The van der Waals surface area contributed by atoms with Gasteiger partial charge in [-0.1, -0.05) is 48.2 Å². The lowest BCUT2D eigenvalue weighted by Crippen LogP contribution is -2.09. The fraction of sp³-hybridized carbons (Fsp3) is 0.0500. The zero-order valence-corrected chi connectivity index (χ0v) is 12.4. The van der Waals surface area contributed by atoms with Crippen LogP contribution in [-0.4, -0.2) is 4.98 Å². The predicted molar refractivity (Wildman–Crippen MR) is 90.3 cm³/mol. The molecule has 0 saturated carbocycles. The number of nitrogens with one attached hydrogen (secondary N) is 1. The third-order valence-corrected chi connectivity index (χ3v) is 3.30. The number of aromatic nitrogens is 1. The van der Waals surface area contributed by atoms with Gasteiger partial charge in [0.1, 0.15) is 17.7 Å². The maximum atomic E-state index is 13.2. The highest BCUT2D eigenvalue weighted by Crippen LogP contribution is 2.18. The molecule has 2 nitrogen and oxygen atoms in total. The van der Waals surface area contributed by atoms with Gasteiger partial charge in [-0.05, 0) is 42.0 Å². The van der Waals surface area contributed by atoms with E-state index in [1.54, 1.807) is 18.3 Å². The molecule has 0 aliphatic carbocycles. The van der Waals surface area contributed by atoms with E-state index in [1.807, 2.05) is 48.5 Å². The molecule has 0 spiro atoms. The second kappa shape index (κ2) is 7.24. The largest absolute Gasteiger partial charge is 0.353 e. The van der Waals surface area contributed by atoms with Crippen molar-refractivity contribution in [3.63, 3.8) is 0 Å². The van der Waals surface area contributed by atoms with Crippen molar-refractivity contribution in [1.29, 1.82) is 0 Å². The smallest absolute Gasteiger partial charge is 0.127 e. The van der Waals surface area contributed by atoms with E-state index in [0.29, 0.717) is 0 Å². The van der Waals surface area contributed by atoms with E-state index in [1.165, 1.54) is 12.1 Å². The second-order valence-corrected chi connectivity index (χ2v) is 4.98. The van der Waals surface area contributed by atoms with Gasteiger partial charge < -0.3 is 5.32 Å². The molecule has 0 amide bonds. The van der Waals surface area contributed by atoms with E-state index in [4.69, 9.17) is 0 Å². The first-order valence-electron chi connectivity index (χ1n) is 7.31. The first-order chi connectivity index (χ1) is 11.3. The van der Waals surface area contributed by atoms with Gasteiger partial charge in [0.25, 0.3) is 0 Å². The molecular formula is C20H15FN2. The number of pyridine rings is 1. The molecule has 23 heavy (non-hydrogen) atoms. The summed E-state index contributed by atoms with van der Waals surface area (Å²) < 4.78 is 13.2. The molecule has 1 heterocycles. The fourth-order valence-corrected chi connectivity index (χ4v) is 2.13. The lowest BCUT2D eigenvalue weighted by molar-refractivity contribution is 0.627. The van der Waals surface area contributed by atoms with Crippen LogP contribution in [0.2, 0.25) is 0 Å². The molecule has 0 saturated heterocycles. The topological polar surface area (TPSA) is 24.9 Å². The summed E-state index contributed by atoms with van der Waals surface area (Å²) in [5, 5.41) is 3.28. The summed E-state index contributed by atoms with van der Waals surface area (Å²) in [6.45, 7) is 0. The van der Waals surface area contributed by atoms with E-state index in [0.717, 1.165) is 16.9 Å². The molecule has 3 rings (SSSR count). The van der Waals surface area contributed by atoms with E-state index in [9.17, 15) is 4.39 Å². The Kier molecular flexibility index (Phi) is 4.66. The van der Waals surface area contributed by atoms with Gasteiger partial charge in [0.2, 0.25) is 0 Å². The van der Waals surface area contributed by atoms with Crippen LogP contribution in [-0.2, 0) is 0 Å². The van der Waals surface area contributed by atoms with Gasteiger partial charge in [0, 0.05) is 11.8 Å². The number of anilines is 1. The molecule has 1 N–H and O–H groups in total. The van der Waals surface area contributed by atoms with Crippen molar-refractivity contribution < 1.29 is 4.39 Å². The molecule has 1 atom stereocenters. The van der Waals surface area contributed by atoms with Gasteiger partial charge in [-0.2, -0.15) is 0 Å². The van der Waals surface area contributed by atoms with Crippen LogP contribution in [0.25, 0.3) is 0 Å². The Balaban J connectivity index is 1.90. The lowest BCUT2D eigenvalue weighted by Gasteiger charge is -2.14. The van der Waals surface area contributed by atoms with Crippen LogP contribution in [0, 0.1) is 17.7 Å². The molecule has 0 aliphatic heterocycles. The Hall–Kier alpha value is -3.12. The fourth-order valence-electron chi connectivity index (χ4n) is 2.13. The number of hydrogen-bond donors (Lipinski definition) is 1. The first kappa shape index (κ1) is 14.8. The van der Waals surface area contributed by atoms with Crippen LogP contribution < -0.4 is 5.32 Å². The summed E-state index contributed by atoms with van der Waals surface area (Å²) in [6, 6.07) is 21.5. The van der Waals surface area contributed by atoms with Crippen molar-refractivity contribution in [2.45, 2.75) is 6.04 Å². The monoisotopic (exact) mass is 302 g/mol. The average Bonchev–Trinajstić information content (AvgIpc) is 2.61. The van der Waals surface area contributed by atoms with Crippen molar-refractivity contribution in [1.82, 2.24) is 4.98 Å². The number of rotatable bonds is 3. The Morgan fingerprint density at radius 3 is 2.30 bits per heavy atom. The third-order valence-electron chi connectivity index (χ3n) is 3.30. The van der Waals surface area contributed by atoms with Crippen LogP contribution in [0.15, 0.2) is 79.0 Å². The normalized spacial score (nSPS) is 11.2. The van der Waals surface area contributed by atoms with Gasteiger partial charge in [-0.25, -0.2) is 9.37 Å². The zero-order chi connectivity index (χ0) is 15.9. The van der Waals surface area contributed by atoms with E-state index in [2.05, 4.69) is 22.1 Å². The molecule has 3 heteroatoms. The number of hydrogen-bond acceptors (Lipinski definition) is 2. The predicted octanol–water partition coefficient (Wildman–Crippen LogP) is 4.43. The highest BCUT2D eigenvalue weighted by atomic mass is 19.1. The van der Waals surface area contributed by atoms with Gasteiger partial charge in [0.05, 0.1) is 0 Å². The summed E-state index contributed by atoms with van der Waals surface area (Å²) in [7, 11) is 0. The Labute approximate surface area is 135 Å². The maximum absolute atomic E-state index is 13.2. The molecule has 0 aliphatic rings. The summed E-state index contributed by atoms with van der Waals surface area (Å²) >= 11 is 0. The van der Waals surface area contributed by atoms with Gasteiger partial charge in [-0.3, -0.25) is 0 Å². The van der Waals surface area contributed by atoms with Crippen molar-refractivity contribution in [3.8, 4) is 11.8 Å². The van der Waals surface area contributed by atoms with Crippen LogP contribution >= 0.6 is 0 Å². The minimum absolute atomic E-state index is 0.263. The summed E-state index contributed by atoms with van der Waals surface area (Å²) in [5.41, 5.74) is 1.82. The highest BCUT2D eigenvalue weighted by Gasteiger charge is 2.09. The molecule has 112 valence electrons. The quantitative estimate of drug-likeness (QED) is 0.724. The molecule has 2 aromatic carbocycles. The number of halogens is 1. The molecular weight excluding hydrogens is 287 g/mol. The van der Waals surface area contributed by atoms with Gasteiger partial charge in [-0.15, -0.1) is 0 Å². The van der Waals surface area contributed by atoms with E-state index >= 15 is 0 Å². The highest BCUT2D eigenvalue weighted by molar-refractivity contribution is 5.45. The molecule has 1 aromatic heterocycles. The number of nitrogens with zero attached hydrogens (tertiary/aromatic N) is 1. The summed E-state index contributed by atoms with van der Waals surface area (Å²) in [6.07, 6.45) is 1.72. The standard InChI is InChI=1S/C20H15FN2/c21-18-12-10-17(11-13-18)19(23-20-8-4-5-15-22-20)14-9-16-6-2-1-3-7-16/h1-8,10-13,15,19H,(H,22,23). The van der Waals surface area contributed by atoms with Gasteiger partial charge >= 0.3 is 0 Å². The SMILES string of the molecule is Fc1ccc(C(C#Cc2ccccc2)Nc2ccccn2)cc1. The van der Waals surface area contributed by atoms with Crippen LogP contribution in [0.4, 0.5) is 10.2 Å². The average molecular weight is 302 g/mol. The Bertz CT molecular complexity index is 803. The van der Waals surface area contributed by atoms with Crippen molar-refractivity contribution in [3.05, 3.63) is 95.9 Å². The molecule has 3 aromatic rings. The minimum Gasteiger partial charge on any atom is -0.353 e. The zero-order valence-electron chi connectivity index (χ0n) is 12.4. The van der Waals surface area contributed by atoms with Crippen molar-refractivity contribution in [2.75, 3.05) is 5.32 Å². The summed E-state index contributed by atoms with van der Waals surface area (Å²) in [4.78, 5) is 4.26. The third kappa shape index (κ3) is 4.18. The molecule has 1 unspecified atom stereocenters. The molecule has 0 bridgehead atoms. The Morgan fingerprint density at radius 2 is 1.61 bits per heavy atom. The van der Waals surface area contributed by atoms with Crippen molar-refractivity contribution >= 4 is 5.82 Å². The molecule has 0 fully saturated rings. The molecule has 0 radical (unpaired) electrons. The Morgan fingerprint density at radius 1 is 0.870 bits per heavy atom. The lowest BCUT2D eigenvalue weighted by atomic mass is 10.1. The minimum atomic E-state index is -0.272. The van der Waals surface area contributed by atoms with Crippen LogP contribution in [0.3, 0.4) is 0 Å².